The van der Waals surface area contributed by atoms with Gasteiger partial charge in [0.2, 0.25) is 0 Å². The topological polar surface area (TPSA) is 50.8 Å². The molecule has 0 aliphatic carbocycles. The van der Waals surface area contributed by atoms with Gasteiger partial charge in [0.25, 0.3) is 5.91 Å². The number of carbonyl (C=O) groups is 1. The van der Waals surface area contributed by atoms with Crippen molar-refractivity contribution in [1.29, 1.82) is 0 Å². The first kappa shape index (κ1) is 15.9. The first-order valence-corrected chi connectivity index (χ1v) is 7.14. The molecule has 1 N–H and O–H groups in total. The van der Waals surface area contributed by atoms with Gasteiger partial charge < -0.3 is 19.7 Å². The standard InChI is InChI=1S/C15H20N2O3.ClH/c1-16-11-5-7-17(8-6-11)15(18)12-3-2-4-13-14(12)20-10-9-19-13;/h2-4,11,16H,5-10H2,1H3;1H. The maximum atomic E-state index is 12.6. The molecule has 2 aliphatic rings. The van der Waals surface area contributed by atoms with Crippen molar-refractivity contribution < 1.29 is 14.3 Å². The molecule has 21 heavy (non-hydrogen) atoms. The van der Waals surface area contributed by atoms with Crippen LogP contribution in [-0.4, -0.2) is 50.2 Å². The molecule has 0 bridgehead atoms. The predicted octanol–water partition coefficient (Wildman–Crippen LogP) is 1.70. The zero-order valence-corrected chi connectivity index (χ0v) is 12.9. The number of hydrogen-bond acceptors (Lipinski definition) is 4. The molecule has 6 heteroatoms. The van der Waals surface area contributed by atoms with Crippen LogP contribution in [0, 0.1) is 0 Å². The molecule has 3 rings (SSSR count). The van der Waals surface area contributed by atoms with Crippen molar-refractivity contribution in [1.82, 2.24) is 10.2 Å². The lowest BCUT2D eigenvalue weighted by Crippen LogP contribution is -2.44. The molecule has 0 atom stereocenters. The highest BCUT2D eigenvalue weighted by Gasteiger charge is 2.27. The Labute approximate surface area is 131 Å². The van der Waals surface area contributed by atoms with Gasteiger partial charge in [-0.05, 0) is 32.0 Å². The normalized spacial score (nSPS) is 18.0. The van der Waals surface area contributed by atoms with Gasteiger partial charge in [-0.1, -0.05) is 6.07 Å². The van der Waals surface area contributed by atoms with Crippen LogP contribution in [0.15, 0.2) is 18.2 Å². The molecular formula is C15H21ClN2O3. The number of nitrogens with zero attached hydrogens (tertiary/aromatic N) is 1. The van der Waals surface area contributed by atoms with Crippen molar-refractivity contribution in [2.24, 2.45) is 0 Å². The summed E-state index contributed by atoms with van der Waals surface area (Å²) in [6.45, 7) is 2.61. The van der Waals surface area contributed by atoms with E-state index in [1.54, 1.807) is 0 Å². The lowest BCUT2D eigenvalue weighted by atomic mass is 10.0. The molecule has 5 nitrogen and oxygen atoms in total. The maximum Gasteiger partial charge on any atom is 0.257 e. The minimum Gasteiger partial charge on any atom is -0.486 e. The number of likely N-dealkylation sites (tertiary alicyclic amines) is 1. The number of rotatable bonds is 2. The summed E-state index contributed by atoms with van der Waals surface area (Å²) in [5.74, 6) is 1.31. The highest BCUT2D eigenvalue weighted by atomic mass is 35.5. The van der Waals surface area contributed by atoms with E-state index in [-0.39, 0.29) is 18.3 Å². The second-order valence-corrected chi connectivity index (χ2v) is 5.18. The molecule has 0 aromatic heterocycles. The van der Waals surface area contributed by atoms with Gasteiger partial charge in [-0.3, -0.25) is 4.79 Å². The second kappa shape index (κ2) is 7.00. The molecule has 0 unspecified atom stereocenters. The minimum atomic E-state index is 0. The summed E-state index contributed by atoms with van der Waals surface area (Å²) in [6, 6.07) is 6.03. The SMILES string of the molecule is CNC1CCN(C(=O)c2cccc3c2OCCO3)CC1.Cl. The largest absolute Gasteiger partial charge is 0.486 e. The summed E-state index contributed by atoms with van der Waals surface area (Å²) < 4.78 is 11.2. The highest BCUT2D eigenvalue weighted by molar-refractivity contribution is 5.98. The second-order valence-electron chi connectivity index (χ2n) is 5.18. The molecule has 1 aromatic rings. The quantitative estimate of drug-likeness (QED) is 0.903. The highest BCUT2D eigenvalue weighted by Crippen LogP contribution is 2.34. The molecule has 116 valence electrons. The van der Waals surface area contributed by atoms with E-state index in [2.05, 4.69) is 5.32 Å². The molecule has 1 amide bonds. The van der Waals surface area contributed by atoms with E-state index in [9.17, 15) is 4.79 Å². The Kier molecular flexibility index (Phi) is 5.31. The van der Waals surface area contributed by atoms with Crippen LogP contribution in [0.2, 0.25) is 0 Å². The van der Waals surface area contributed by atoms with Gasteiger partial charge in [-0.2, -0.15) is 0 Å². The summed E-state index contributed by atoms with van der Waals surface area (Å²) in [6.07, 6.45) is 1.99. The van der Waals surface area contributed by atoms with Crippen molar-refractivity contribution >= 4 is 18.3 Å². The Morgan fingerprint density at radius 3 is 2.67 bits per heavy atom. The molecule has 2 aliphatic heterocycles. The lowest BCUT2D eigenvalue weighted by molar-refractivity contribution is 0.0697. The Bertz CT molecular complexity index is 502. The third-order valence-corrected chi connectivity index (χ3v) is 3.99. The number of benzene rings is 1. The maximum absolute atomic E-state index is 12.6. The monoisotopic (exact) mass is 312 g/mol. The summed E-state index contributed by atoms with van der Waals surface area (Å²) in [5, 5.41) is 3.27. The van der Waals surface area contributed by atoms with Crippen molar-refractivity contribution in [2.45, 2.75) is 18.9 Å². The van der Waals surface area contributed by atoms with E-state index in [1.807, 2.05) is 30.1 Å². The fourth-order valence-electron chi connectivity index (χ4n) is 2.78. The zero-order valence-electron chi connectivity index (χ0n) is 12.1. The fraction of sp³-hybridized carbons (Fsp3) is 0.533. The third kappa shape index (κ3) is 3.24. The smallest absolute Gasteiger partial charge is 0.257 e. The number of fused-ring (bicyclic) bond motifs is 1. The first-order chi connectivity index (χ1) is 9.79. The summed E-state index contributed by atoms with van der Waals surface area (Å²) >= 11 is 0. The fourth-order valence-corrected chi connectivity index (χ4v) is 2.78. The van der Waals surface area contributed by atoms with Crippen molar-refractivity contribution in [3.8, 4) is 11.5 Å². The Balaban J connectivity index is 0.00000161. The van der Waals surface area contributed by atoms with E-state index in [0.717, 1.165) is 25.9 Å². The molecule has 1 saturated heterocycles. The van der Waals surface area contributed by atoms with Gasteiger partial charge in [-0.25, -0.2) is 0 Å². The van der Waals surface area contributed by atoms with Crippen molar-refractivity contribution in [3.05, 3.63) is 23.8 Å². The van der Waals surface area contributed by atoms with E-state index >= 15 is 0 Å². The van der Waals surface area contributed by atoms with Crippen LogP contribution in [0.25, 0.3) is 0 Å². The minimum absolute atomic E-state index is 0. The van der Waals surface area contributed by atoms with E-state index in [1.165, 1.54) is 0 Å². The third-order valence-electron chi connectivity index (χ3n) is 3.99. The lowest BCUT2D eigenvalue weighted by Gasteiger charge is -2.32. The van der Waals surface area contributed by atoms with Crippen molar-refractivity contribution in [2.75, 3.05) is 33.4 Å². The van der Waals surface area contributed by atoms with E-state index < -0.39 is 0 Å². The van der Waals surface area contributed by atoms with Gasteiger partial charge in [0.1, 0.15) is 13.2 Å². The van der Waals surface area contributed by atoms with E-state index in [4.69, 9.17) is 9.47 Å². The number of amides is 1. The zero-order chi connectivity index (χ0) is 13.9. The van der Waals surface area contributed by atoms with E-state index in [0.29, 0.717) is 36.3 Å². The number of ether oxygens (including phenoxy) is 2. The van der Waals surface area contributed by atoms with Gasteiger partial charge in [0.05, 0.1) is 5.56 Å². The number of nitrogens with one attached hydrogen (secondary N) is 1. The van der Waals surface area contributed by atoms with Gasteiger partial charge in [0.15, 0.2) is 11.5 Å². The molecule has 0 spiro atoms. The number of hydrogen-bond donors (Lipinski definition) is 1. The summed E-state index contributed by atoms with van der Waals surface area (Å²) in [5.41, 5.74) is 0.616. The number of halogens is 1. The molecule has 1 fully saturated rings. The van der Waals surface area contributed by atoms with Crippen molar-refractivity contribution in [3.63, 3.8) is 0 Å². The summed E-state index contributed by atoms with van der Waals surface area (Å²) in [7, 11) is 1.97. The van der Waals surface area contributed by atoms with Crippen LogP contribution < -0.4 is 14.8 Å². The Morgan fingerprint density at radius 2 is 1.95 bits per heavy atom. The van der Waals surface area contributed by atoms with Crippen LogP contribution in [0.5, 0.6) is 11.5 Å². The first-order valence-electron chi connectivity index (χ1n) is 7.14. The Hall–Kier alpha value is -1.46. The Morgan fingerprint density at radius 1 is 1.24 bits per heavy atom. The average Bonchev–Trinajstić information content (AvgIpc) is 2.54. The van der Waals surface area contributed by atoms with Gasteiger partial charge in [0, 0.05) is 19.1 Å². The van der Waals surface area contributed by atoms with Crippen LogP contribution in [-0.2, 0) is 0 Å². The number of carbonyl (C=O) groups excluding carboxylic acids is 1. The number of para-hydroxylation sites is 1. The van der Waals surface area contributed by atoms with Gasteiger partial charge >= 0.3 is 0 Å². The van der Waals surface area contributed by atoms with Crippen LogP contribution in [0.4, 0.5) is 0 Å². The molecular weight excluding hydrogens is 292 g/mol. The average molecular weight is 313 g/mol. The number of piperidine rings is 1. The van der Waals surface area contributed by atoms with Crippen LogP contribution in [0.3, 0.4) is 0 Å². The van der Waals surface area contributed by atoms with Crippen LogP contribution in [0.1, 0.15) is 23.2 Å². The molecule has 0 saturated carbocycles. The summed E-state index contributed by atoms with van der Waals surface area (Å²) in [4.78, 5) is 14.5. The molecule has 2 heterocycles. The molecule has 1 aromatic carbocycles. The molecule has 0 radical (unpaired) electrons. The van der Waals surface area contributed by atoms with Gasteiger partial charge in [-0.15, -0.1) is 12.4 Å². The predicted molar refractivity (Wildman–Crippen MR) is 82.7 cm³/mol. The van der Waals surface area contributed by atoms with Crippen LogP contribution >= 0.6 is 12.4 Å².